The molecule has 0 aliphatic rings. The lowest BCUT2D eigenvalue weighted by Crippen LogP contribution is -1.92. The van der Waals surface area contributed by atoms with Gasteiger partial charge in [0.25, 0.3) is 0 Å². The maximum Gasteiger partial charge on any atom is 0.169 e. The van der Waals surface area contributed by atoms with Gasteiger partial charge in [0.05, 0.1) is 7.11 Å². The third-order valence-electron chi connectivity index (χ3n) is 4.43. The third kappa shape index (κ3) is 3.90. The van der Waals surface area contributed by atoms with Crippen molar-refractivity contribution in [3.63, 3.8) is 0 Å². The quantitative estimate of drug-likeness (QED) is 0.341. The van der Waals surface area contributed by atoms with Crippen LogP contribution in [0.3, 0.4) is 0 Å². The Morgan fingerprint density at radius 1 is 1.00 bits per heavy atom. The fourth-order valence-electron chi connectivity index (χ4n) is 2.92. The third-order valence-corrected chi connectivity index (χ3v) is 4.43. The van der Waals surface area contributed by atoms with Gasteiger partial charge in [0.2, 0.25) is 0 Å². The second kappa shape index (κ2) is 8.12. The summed E-state index contributed by atoms with van der Waals surface area (Å²) < 4.78 is 49.0. The monoisotopic (exact) mass is 368 g/mol. The molecule has 0 bridgehead atoms. The van der Waals surface area contributed by atoms with E-state index in [1.54, 1.807) is 18.2 Å². The number of hydrogen-bond acceptors (Lipinski definition) is 1. The molecule has 0 aromatic heterocycles. The molecule has 0 aliphatic heterocycles. The molecule has 0 spiro atoms. The molecule has 0 N–H and O–H groups in total. The van der Waals surface area contributed by atoms with Gasteiger partial charge < -0.3 is 4.74 Å². The van der Waals surface area contributed by atoms with E-state index >= 15 is 0 Å². The van der Waals surface area contributed by atoms with E-state index in [1.165, 1.54) is 37.4 Å². The number of ether oxygens (including phenoxy) is 1. The lowest BCUT2D eigenvalue weighted by atomic mass is 10.00. The molecule has 3 aromatic carbocycles. The SMILES string of the molecule is C=CCCc1ccc2c(F)c(C(F)=C(F)c3ccc(OC)cc3)ccc2c1. The zero-order valence-electron chi connectivity index (χ0n) is 14.9. The van der Waals surface area contributed by atoms with Gasteiger partial charge in [-0.3, -0.25) is 0 Å². The van der Waals surface area contributed by atoms with Gasteiger partial charge in [-0.05, 0) is 54.1 Å². The first-order valence-electron chi connectivity index (χ1n) is 8.57. The van der Waals surface area contributed by atoms with E-state index in [4.69, 9.17) is 4.74 Å². The summed E-state index contributed by atoms with van der Waals surface area (Å²) in [5.74, 6) is -2.59. The molecule has 3 rings (SSSR count). The summed E-state index contributed by atoms with van der Waals surface area (Å²) in [5.41, 5.74) is 0.664. The average Bonchev–Trinajstić information content (AvgIpc) is 2.71. The Morgan fingerprint density at radius 3 is 2.41 bits per heavy atom. The minimum Gasteiger partial charge on any atom is -0.497 e. The number of hydrogen-bond donors (Lipinski definition) is 0. The van der Waals surface area contributed by atoms with Crippen molar-refractivity contribution in [3.05, 3.63) is 89.8 Å². The second-order valence-corrected chi connectivity index (χ2v) is 6.17. The number of benzene rings is 3. The van der Waals surface area contributed by atoms with E-state index in [0.717, 1.165) is 18.4 Å². The van der Waals surface area contributed by atoms with Gasteiger partial charge in [-0.25, -0.2) is 13.2 Å². The van der Waals surface area contributed by atoms with Gasteiger partial charge in [-0.1, -0.05) is 30.3 Å². The van der Waals surface area contributed by atoms with Gasteiger partial charge in [-0.2, -0.15) is 0 Å². The first-order chi connectivity index (χ1) is 13.0. The lowest BCUT2D eigenvalue weighted by Gasteiger charge is -2.08. The van der Waals surface area contributed by atoms with Crippen LogP contribution in [-0.4, -0.2) is 7.11 Å². The van der Waals surface area contributed by atoms with Crippen LogP contribution in [0.4, 0.5) is 13.2 Å². The Kier molecular flexibility index (Phi) is 5.65. The molecule has 0 aliphatic carbocycles. The Bertz CT molecular complexity index is 1000. The van der Waals surface area contributed by atoms with Gasteiger partial charge >= 0.3 is 0 Å². The largest absolute Gasteiger partial charge is 0.497 e. The number of allylic oxidation sites excluding steroid dienone is 1. The van der Waals surface area contributed by atoms with Gasteiger partial charge in [0.1, 0.15) is 11.6 Å². The number of aryl methyl sites for hydroxylation is 1. The van der Waals surface area contributed by atoms with Crippen LogP contribution in [0, 0.1) is 5.82 Å². The molecular weight excluding hydrogens is 349 g/mol. The normalized spacial score (nSPS) is 12.0. The van der Waals surface area contributed by atoms with Crippen molar-refractivity contribution in [2.24, 2.45) is 0 Å². The molecule has 0 unspecified atom stereocenters. The maximum absolute atomic E-state index is 14.8. The Hall–Kier alpha value is -3.01. The summed E-state index contributed by atoms with van der Waals surface area (Å²) in [6.45, 7) is 3.69. The van der Waals surface area contributed by atoms with Crippen molar-refractivity contribution in [1.82, 2.24) is 0 Å². The average molecular weight is 368 g/mol. The fraction of sp³-hybridized carbons (Fsp3) is 0.130. The first-order valence-corrected chi connectivity index (χ1v) is 8.57. The second-order valence-electron chi connectivity index (χ2n) is 6.17. The van der Waals surface area contributed by atoms with Crippen molar-refractivity contribution in [2.45, 2.75) is 12.8 Å². The summed E-state index contributed by atoms with van der Waals surface area (Å²) in [6, 6.07) is 13.9. The number of halogens is 3. The Morgan fingerprint density at radius 2 is 1.74 bits per heavy atom. The Balaban J connectivity index is 2.01. The van der Waals surface area contributed by atoms with Crippen LogP contribution >= 0.6 is 0 Å². The van der Waals surface area contributed by atoms with Crippen molar-refractivity contribution in [3.8, 4) is 5.75 Å². The van der Waals surface area contributed by atoms with Crippen LogP contribution in [0.2, 0.25) is 0 Å². The molecule has 0 heterocycles. The zero-order chi connectivity index (χ0) is 19.4. The maximum atomic E-state index is 14.8. The lowest BCUT2D eigenvalue weighted by molar-refractivity contribution is 0.414. The van der Waals surface area contributed by atoms with Crippen LogP contribution in [0.25, 0.3) is 22.4 Å². The summed E-state index contributed by atoms with van der Waals surface area (Å²) in [4.78, 5) is 0. The summed E-state index contributed by atoms with van der Waals surface area (Å²) in [6.07, 6.45) is 3.43. The van der Waals surface area contributed by atoms with E-state index in [0.29, 0.717) is 11.1 Å². The molecule has 138 valence electrons. The van der Waals surface area contributed by atoms with E-state index in [2.05, 4.69) is 6.58 Å². The first kappa shape index (κ1) is 18.8. The van der Waals surface area contributed by atoms with Crippen LogP contribution in [-0.2, 0) is 6.42 Å². The number of fused-ring (bicyclic) bond motifs is 1. The topological polar surface area (TPSA) is 9.23 Å². The summed E-state index contributed by atoms with van der Waals surface area (Å²) in [5, 5.41) is 0.906. The molecule has 0 radical (unpaired) electrons. The molecule has 0 saturated carbocycles. The van der Waals surface area contributed by atoms with Crippen LogP contribution in [0.15, 0.2) is 67.3 Å². The molecule has 4 heteroatoms. The Labute approximate surface area is 156 Å². The van der Waals surface area contributed by atoms with Crippen LogP contribution in [0.5, 0.6) is 5.75 Å². The minimum atomic E-state index is -1.23. The summed E-state index contributed by atoms with van der Waals surface area (Å²) >= 11 is 0. The highest BCUT2D eigenvalue weighted by atomic mass is 19.2. The smallest absolute Gasteiger partial charge is 0.169 e. The van der Waals surface area contributed by atoms with Crippen LogP contribution < -0.4 is 4.74 Å². The molecule has 0 atom stereocenters. The highest BCUT2D eigenvalue weighted by Crippen LogP contribution is 2.33. The van der Waals surface area contributed by atoms with Crippen molar-refractivity contribution >= 4 is 22.4 Å². The fourth-order valence-corrected chi connectivity index (χ4v) is 2.92. The highest BCUT2D eigenvalue weighted by molar-refractivity contribution is 5.91. The molecule has 0 saturated heterocycles. The van der Waals surface area contributed by atoms with E-state index in [-0.39, 0.29) is 10.9 Å². The summed E-state index contributed by atoms with van der Waals surface area (Å²) in [7, 11) is 1.48. The van der Waals surface area contributed by atoms with Gasteiger partial charge in [0.15, 0.2) is 11.7 Å². The molecule has 3 aromatic rings. The van der Waals surface area contributed by atoms with Crippen LogP contribution in [0.1, 0.15) is 23.1 Å². The van der Waals surface area contributed by atoms with Crippen molar-refractivity contribution in [2.75, 3.05) is 7.11 Å². The molecular formula is C23H19F3O. The number of methoxy groups -OCH3 is 1. The van der Waals surface area contributed by atoms with Crippen molar-refractivity contribution < 1.29 is 17.9 Å². The van der Waals surface area contributed by atoms with Crippen molar-refractivity contribution in [1.29, 1.82) is 0 Å². The predicted octanol–water partition coefficient (Wildman–Crippen LogP) is 6.87. The predicted molar refractivity (Wildman–Crippen MR) is 104 cm³/mol. The van der Waals surface area contributed by atoms with E-state index in [9.17, 15) is 13.2 Å². The molecule has 0 amide bonds. The number of rotatable bonds is 6. The van der Waals surface area contributed by atoms with E-state index in [1.807, 2.05) is 12.1 Å². The highest BCUT2D eigenvalue weighted by Gasteiger charge is 2.17. The standard InChI is InChI=1S/C23H19F3O/c1-3-4-5-15-6-12-19-17(14-15)9-13-20(22(19)25)23(26)21(24)16-7-10-18(27-2)11-8-16/h3,6-14H,1,4-5H2,2H3. The molecule has 1 nitrogen and oxygen atoms in total. The minimum absolute atomic E-state index is 0.0209. The van der Waals surface area contributed by atoms with Gasteiger partial charge in [-0.15, -0.1) is 6.58 Å². The molecule has 0 fully saturated rings. The molecule has 27 heavy (non-hydrogen) atoms. The zero-order valence-corrected chi connectivity index (χ0v) is 14.9. The van der Waals surface area contributed by atoms with Gasteiger partial charge in [0, 0.05) is 16.5 Å². The van der Waals surface area contributed by atoms with E-state index < -0.39 is 23.0 Å².